The van der Waals surface area contributed by atoms with Crippen molar-refractivity contribution in [1.82, 2.24) is 5.32 Å². The van der Waals surface area contributed by atoms with Gasteiger partial charge in [-0.1, -0.05) is 6.92 Å². The summed E-state index contributed by atoms with van der Waals surface area (Å²) in [4.78, 5) is 11.4. The molecule has 0 saturated carbocycles. The molecule has 0 aliphatic heterocycles. The first-order valence-electron chi connectivity index (χ1n) is 4.81. The fourth-order valence-corrected chi connectivity index (χ4v) is 1.05. The molecule has 0 saturated heterocycles. The van der Waals surface area contributed by atoms with Crippen LogP contribution in [0.15, 0.2) is 0 Å². The Morgan fingerprint density at radius 3 is 2.71 bits per heavy atom. The minimum atomic E-state index is -0.479. The first-order chi connectivity index (χ1) is 6.65. The fraction of sp³-hybridized carbons (Fsp3) is 0.889. The van der Waals surface area contributed by atoms with Gasteiger partial charge in [-0.05, 0) is 12.8 Å². The van der Waals surface area contributed by atoms with Crippen LogP contribution < -0.4 is 11.1 Å². The van der Waals surface area contributed by atoms with Crippen molar-refractivity contribution in [3.63, 3.8) is 0 Å². The number of aliphatic hydroxyl groups is 1. The summed E-state index contributed by atoms with van der Waals surface area (Å²) in [6, 6.07) is -0.636. The molecule has 0 aromatic heterocycles. The summed E-state index contributed by atoms with van der Waals surface area (Å²) in [7, 11) is 1.55. The van der Waals surface area contributed by atoms with Crippen LogP contribution in [0.5, 0.6) is 0 Å². The van der Waals surface area contributed by atoms with E-state index in [2.05, 4.69) is 5.32 Å². The van der Waals surface area contributed by atoms with E-state index in [1.165, 1.54) is 0 Å². The van der Waals surface area contributed by atoms with Crippen molar-refractivity contribution in [1.29, 1.82) is 0 Å². The number of hydrogen-bond donors (Lipinski definition) is 3. The first-order valence-corrected chi connectivity index (χ1v) is 4.81. The predicted molar refractivity (Wildman–Crippen MR) is 53.8 cm³/mol. The molecular weight excluding hydrogens is 184 g/mol. The first kappa shape index (κ1) is 13.4. The van der Waals surface area contributed by atoms with Crippen LogP contribution in [0, 0.1) is 0 Å². The van der Waals surface area contributed by atoms with Gasteiger partial charge >= 0.3 is 0 Å². The summed E-state index contributed by atoms with van der Waals surface area (Å²) in [6.45, 7) is 2.26. The molecule has 0 spiro atoms. The third-order valence-electron chi connectivity index (χ3n) is 1.97. The number of methoxy groups -OCH3 is 1. The molecule has 0 aliphatic rings. The van der Waals surface area contributed by atoms with Gasteiger partial charge in [-0.25, -0.2) is 0 Å². The Hall–Kier alpha value is -0.650. The van der Waals surface area contributed by atoms with Gasteiger partial charge in [-0.3, -0.25) is 4.79 Å². The van der Waals surface area contributed by atoms with Gasteiger partial charge < -0.3 is 20.9 Å². The molecule has 2 unspecified atom stereocenters. The summed E-state index contributed by atoms with van der Waals surface area (Å²) in [5, 5.41) is 11.5. The Labute approximate surface area is 84.6 Å². The van der Waals surface area contributed by atoms with E-state index in [-0.39, 0.29) is 18.6 Å². The van der Waals surface area contributed by atoms with E-state index in [4.69, 9.17) is 15.6 Å². The quantitative estimate of drug-likeness (QED) is 0.509. The molecular formula is C9H20N2O3. The Morgan fingerprint density at radius 2 is 2.29 bits per heavy atom. The summed E-state index contributed by atoms with van der Waals surface area (Å²) < 4.78 is 4.90. The van der Waals surface area contributed by atoms with Gasteiger partial charge in [-0.15, -0.1) is 0 Å². The molecule has 0 fully saturated rings. The second-order valence-corrected chi connectivity index (χ2v) is 3.19. The van der Waals surface area contributed by atoms with E-state index in [0.717, 1.165) is 0 Å². The molecule has 0 radical (unpaired) electrons. The molecule has 5 nitrogen and oxygen atoms in total. The van der Waals surface area contributed by atoms with Crippen LogP contribution in [-0.2, 0) is 9.53 Å². The lowest BCUT2D eigenvalue weighted by molar-refractivity contribution is -0.123. The number of rotatable bonds is 7. The van der Waals surface area contributed by atoms with Crippen LogP contribution in [0.3, 0.4) is 0 Å². The third kappa shape index (κ3) is 5.16. The number of carbonyl (C=O) groups excluding carboxylic acids is 1. The van der Waals surface area contributed by atoms with Crippen LogP contribution in [0.25, 0.3) is 0 Å². The zero-order chi connectivity index (χ0) is 11.0. The number of nitrogens with two attached hydrogens (primary N) is 1. The van der Waals surface area contributed by atoms with Crippen molar-refractivity contribution < 1.29 is 14.6 Å². The van der Waals surface area contributed by atoms with Gasteiger partial charge in [0.25, 0.3) is 0 Å². The molecule has 0 aliphatic carbocycles. The normalized spacial score (nSPS) is 14.9. The second-order valence-electron chi connectivity index (χ2n) is 3.19. The van der Waals surface area contributed by atoms with Gasteiger partial charge in [0.15, 0.2) is 0 Å². The maximum Gasteiger partial charge on any atom is 0.237 e. The van der Waals surface area contributed by atoms with Gasteiger partial charge in [0.2, 0.25) is 5.91 Å². The molecule has 0 aromatic carbocycles. The monoisotopic (exact) mass is 204 g/mol. The summed E-state index contributed by atoms with van der Waals surface area (Å²) in [5.41, 5.74) is 5.54. The number of hydrogen-bond acceptors (Lipinski definition) is 4. The van der Waals surface area contributed by atoms with Gasteiger partial charge in [-0.2, -0.15) is 0 Å². The van der Waals surface area contributed by atoms with Gasteiger partial charge in [0.1, 0.15) is 0 Å². The molecule has 5 heteroatoms. The smallest absolute Gasteiger partial charge is 0.237 e. The Bertz CT molecular complexity index is 158. The maximum atomic E-state index is 11.4. The third-order valence-corrected chi connectivity index (χ3v) is 1.97. The van der Waals surface area contributed by atoms with Crippen LogP contribution in [0.4, 0.5) is 0 Å². The minimum absolute atomic E-state index is 0.0235. The van der Waals surface area contributed by atoms with Crippen LogP contribution in [-0.4, -0.2) is 43.4 Å². The lowest BCUT2D eigenvalue weighted by atomic mass is 10.2. The second kappa shape index (κ2) is 7.73. The number of aliphatic hydroxyl groups excluding tert-OH is 1. The highest BCUT2D eigenvalue weighted by molar-refractivity contribution is 5.81. The largest absolute Gasteiger partial charge is 0.396 e. The summed E-state index contributed by atoms with van der Waals surface area (Å²) >= 11 is 0. The Kier molecular flexibility index (Phi) is 7.37. The molecule has 0 bridgehead atoms. The SMILES string of the molecule is CCC(N)C(=O)NC(CCO)COC. The van der Waals surface area contributed by atoms with Crippen LogP contribution >= 0.6 is 0 Å². The lowest BCUT2D eigenvalue weighted by Gasteiger charge is -2.18. The van der Waals surface area contributed by atoms with Gasteiger partial charge in [0.05, 0.1) is 18.7 Å². The molecule has 0 rings (SSSR count). The lowest BCUT2D eigenvalue weighted by Crippen LogP contribution is -2.47. The molecule has 0 aromatic rings. The number of amides is 1. The molecule has 0 heterocycles. The Balaban J connectivity index is 3.94. The van der Waals surface area contributed by atoms with E-state index in [0.29, 0.717) is 19.4 Å². The van der Waals surface area contributed by atoms with Crippen LogP contribution in [0.1, 0.15) is 19.8 Å². The topological polar surface area (TPSA) is 84.6 Å². The van der Waals surface area contributed by atoms with E-state index in [1.807, 2.05) is 6.92 Å². The van der Waals surface area contributed by atoms with Crippen molar-refractivity contribution in [2.75, 3.05) is 20.3 Å². The number of ether oxygens (including phenoxy) is 1. The van der Waals surface area contributed by atoms with E-state index < -0.39 is 6.04 Å². The molecule has 2 atom stereocenters. The van der Waals surface area contributed by atoms with E-state index in [9.17, 15) is 4.79 Å². The molecule has 4 N–H and O–H groups in total. The zero-order valence-corrected chi connectivity index (χ0v) is 8.82. The molecule has 14 heavy (non-hydrogen) atoms. The highest BCUT2D eigenvalue weighted by Gasteiger charge is 2.15. The number of carbonyl (C=O) groups is 1. The Morgan fingerprint density at radius 1 is 1.64 bits per heavy atom. The van der Waals surface area contributed by atoms with Crippen molar-refractivity contribution >= 4 is 5.91 Å². The summed E-state index contributed by atoms with van der Waals surface area (Å²) in [6.07, 6.45) is 1.08. The average Bonchev–Trinajstić information content (AvgIpc) is 2.17. The average molecular weight is 204 g/mol. The van der Waals surface area contributed by atoms with E-state index in [1.54, 1.807) is 7.11 Å². The standard InChI is InChI=1S/C9H20N2O3/c1-3-8(10)9(13)11-7(4-5-12)6-14-2/h7-8,12H,3-6,10H2,1-2H3,(H,11,13). The summed E-state index contributed by atoms with van der Waals surface area (Å²) in [5.74, 6) is -0.192. The zero-order valence-electron chi connectivity index (χ0n) is 8.82. The fourth-order valence-electron chi connectivity index (χ4n) is 1.05. The molecule has 84 valence electrons. The highest BCUT2D eigenvalue weighted by Crippen LogP contribution is 1.94. The van der Waals surface area contributed by atoms with Crippen LogP contribution in [0.2, 0.25) is 0 Å². The highest BCUT2D eigenvalue weighted by atomic mass is 16.5. The minimum Gasteiger partial charge on any atom is -0.396 e. The van der Waals surface area contributed by atoms with Gasteiger partial charge in [0, 0.05) is 13.7 Å². The van der Waals surface area contributed by atoms with Crippen molar-refractivity contribution in [2.24, 2.45) is 5.73 Å². The van der Waals surface area contributed by atoms with Crippen molar-refractivity contribution in [3.8, 4) is 0 Å². The van der Waals surface area contributed by atoms with E-state index >= 15 is 0 Å². The van der Waals surface area contributed by atoms with Crippen molar-refractivity contribution in [3.05, 3.63) is 0 Å². The predicted octanol–water partition coefficient (Wildman–Crippen LogP) is -0.763. The number of nitrogens with one attached hydrogen (secondary N) is 1. The maximum absolute atomic E-state index is 11.4. The van der Waals surface area contributed by atoms with Crippen molar-refractivity contribution in [2.45, 2.75) is 31.8 Å². The molecule has 1 amide bonds.